The van der Waals surface area contributed by atoms with Crippen LogP contribution in [0.15, 0.2) is 23.2 Å². The molecule has 0 unspecified atom stereocenters. The third kappa shape index (κ3) is 2.22. The third-order valence-corrected chi connectivity index (χ3v) is 1.78. The molecule has 14 heavy (non-hydrogen) atoms. The van der Waals surface area contributed by atoms with Gasteiger partial charge in [0, 0.05) is 12.1 Å². The first-order chi connectivity index (χ1) is 6.69. The summed E-state index contributed by atoms with van der Waals surface area (Å²) >= 11 is 0. The van der Waals surface area contributed by atoms with Crippen molar-refractivity contribution in [2.75, 3.05) is 13.7 Å². The Morgan fingerprint density at radius 2 is 2.29 bits per heavy atom. The number of ether oxygens (including phenoxy) is 1. The lowest BCUT2D eigenvalue weighted by molar-refractivity contribution is 0.386. The Kier molecular flexibility index (Phi) is 3.45. The molecule has 0 aliphatic carbocycles. The molecule has 0 saturated heterocycles. The van der Waals surface area contributed by atoms with E-state index in [1.807, 2.05) is 6.92 Å². The predicted octanol–water partition coefficient (Wildman–Crippen LogP) is 1.56. The molecule has 0 spiro atoms. The van der Waals surface area contributed by atoms with Gasteiger partial charge in [-0.05, 0) is 25.1 Å². The van der Waals surface area contributed by atoms with Crippen LogP contribution in [-0.2, 0) is 0 Å². The molecule has 0 heterocycles. The minimum absolute atomic E-state index is 0.178. The Bertz CT molecular complexity index is 350. The normalized spacial score (nSPS) is 11.5. The largest absolute Gasteiger partial charge is 0.494 e. The first-order valence-corrected chi connectivity index (χ1v) is 4.33. The Balaban J connectivity index is 3.06. The van der Waals surface area contributed by atoms with Crippen molar-refractivity contribution in [3.63, 3.8) is 0 Å². The van der Waals surface area contributed by atoms with E-state index in [2.05, 4.69) is 4.99 Å². The van der Waals surface area contributed by atoms with Crippen molar-refractivity contribution < 1.29 is 9.13 Å². The Hall–Kier alpha value is -1.58. The standard InChI is InChI=1S/C10H13FN2O/c1-3-13-10(12)7-4-5-8(11)9(6-7)14-2/h4-6H,3H2,1-2H3,(H2,12,13). The van der Waals surface area contributed by atoms with Crippen LogP contribution in [0, 0.1) is 5.82 Å². The zero-order valence-corrected chi connectivity index (χ0v) is 8.25. The van der Waals surface area contributed by atoms with Gasteiger partial charge in [-0.2, -0.15) is 0 Å². The molecule has 0 aromatic heterocycles. The third-order valence-electron chi connectivity index (χ3n) is 1.78. The number of hydrogen-bond acceptors (Lipinski definition) is 2. The summed E-state index contributed by atoms with van der Waals surface area (Å²) in [6.45, 7) is 2.49. The van der Waals surface area contributed by atoms with Crippen LogP contribution in [0.1, 0.15) is 12.5 Å². The topological polar surface area (TPSA) is 47.6 Å². The number of halogens is 1. The zero-order valence-electron chi connectivity index (χ0n) is 8.25. The van der Waals surface area contributed by atoms with Crippen molar-refractivity contribution in [3.05, 3.63) is 29.6 Å². The first kappa shape index (κ1) is 10.5. The van der Waals surface area contributed by atoms with E-state index in [0.29, 0.717) is 17.9 Å². The highest BCUT2D eigenvalue weighted by Gasteiger charge is 2.05. The number of aliphatic imine (C=N–C) groups is 1. The van der Waals surface area contributed by atoms with Crippen LogP contribution in [0.2, 0.25) is 0 Å². The fraction of sp³-hybridized carbons (Fsp3) is 0.300. The average Bonchev–Trinajstić information content (AvgIpc) is 2.19. The second-order valence-electron chi connectivity index (χ2n) is 2.71. The summed E-state index contributed by atoms with van der Waals surface area (Å²) in [5, 5.41) is 0. The quantitative estimate of drug-likeness (QED) is 0.589. The SMILES string of the molecule is CCN=C(N)c1ccc(F)c(OC)c1. The highest BCUT2D eigenvalue weighted by Crippen LogP contribution is 2.17. The van der Waals surface area contributed by atoms with Gasteiger partial charge in [0.1, 0.15) is 5.84 Å². The van der Waals surface area contributed by atoms with Crippen LogP contribution in [0.3, 0.4) is 0 Å². The molecular formula is C10H13FN2O. The summed E-state index contributed by atoms with van der Waals surface area (Å²) < 4.78 is 17.8. The second kappa shape index (κ2) is 4.60. The minimum atomic E-state index is -0.402. The Morgan fingerprint density at radius 3 is 2.86 bits per heavy atom. The lowest BCUT2D eigenvalue weighted by Crippen LogP contribution is -2.13. The van der Waals surface area contributed by atoms with E-state index in [-0.39, 0.29) is 5.75 Å². The number of rotatable bonds is 3. The average molecular weight is 196 g/mol. The van der Waals surface area contributed by atoms with E-state index in [1.165, 1.54) is 19.2 Å². The summed E-state index contributed by atoms with van der Waals surface area (Å²) in [5.41, 5.74) is 6.32. The minimum Gasteiger partial charge on any atom is -0.494 e. The predicted molar refractivity (Wildman–Crippen MR) is 54.2 cm³/mol. The molecule has 1 aromatic rings. The van der Waals surface area contributed by atoms with E-state index in [9.17, 15) is 4.39 Å². The monoisotopic (exact) mass is 196 g/mol. The van der Waals surface area contributed by atoms with Crippen molar-refractivity contribution in [1.82, 2.24) is 0 Å². The van der Waals surface area contributed by atoms with Gasteiger partial charge in [-0.1, -0.05) is 0 Å². The molecule has 0 bridgehead atoms. The van der Waals surface area contributed by atoms with Crippen LogP contribution < -0.4 is 10.5 Å². The van der Waals surface area contributed by atoms with Gasteiger partial charge in [0.25, 0.3) is 0 Å². The lowest BCUT2D eigenvalue weighted by atomic mass is 10.2. The van der Waals surface area contributed by atoms with Crippen molar-refractivity contribution in [2.24, 2.45) is 10.7 Å². The first-order valence-electron chi connectivity index (χ1n) is 4.33. The van der Waals surface area contributed by atoms with E-state index >= 15 is 0 Å². The summed E-state index contributed by atoms with van der Waals surface area (Å²) in [5.74, 6) is 0.170. The highest BCUT2D eigenvalue weighted by molar-refractivity contribution is 5.97. The number of hydrogen-bond donors (Lipinski definition) is 1. The number of methoxy groups -OCH3 is 1. The van der Waals surface area contributed by atoms with Crippen LogP contribution in [0.4, 0.5) is 4.39 Å². The highest BCUT2D eigenvalue weighted by atomic mass is 19.1. The Morgan fingerprint density at radius 1 is 1.57 bits per heavy atom. The summed E-state index contributed by atoms with van der Waals surface area (Å²) in [6.07, 6.45) is 0. The number of nitrogens with two attached hydrogens (primary N) is 1. The maximum absolute atomic E-state index is 13.0. The molecule has 3 nitrogen and oxygen atoms in total. The molecule has 0 radical (unpaired) electrons. The van der Waals surface area contributed by atoms with Gasteiger partial charge < -0.3 is 10.5 Å². The molecular weight excluding hydrogens is 183 g/mol. The molecule has 1 rings (SSSR count). The van der Waals surface area contributed by atoms with E-state index in [1.54, 1.807) is 6.07 Å². The van der Waals surface area contributed by atoms with Crippen LogP contribution in [0.5, 0.6) is 5.75 Å². The van der Waals surface area contributed by atoms with Gasteiger partial charge >= 0.3 is 0 Å². The number of nitrogens with zero attached hydrogens (tertiary/aromatic N) is 1. The van der Waals surface area contributed by atoms with Gasteiger partial charge in [-0.3, -0.25) is 4.99 Å². The van der Waals surface area contributed by atoms with Gasteiger partial charge in [0.05, 0.1) is 7.11 Å². The molecule has 0 atom stereocenters. The summed E-state index contributed by atoms with van der Waals surface area (Å²) in [6, 6.07) is 4.42. The van der Waals surface area contributed by atoms with Crippen molar-refractivity contribution in [2.45, 2.75) is 6.92 Å². The van der Waals surface area contributed by atoms with E-state index in [4.69, 9.17) is 10.5 Å². The smallest absolute Gasteiger partial charge is 0.165 e. The fourth-order valence-corrected chi connectivity index (χ4v) is 1.08. The zero-order chi connectivity index (χ0) is 10.6. The number of amidine groups is 1. The molecule has 0 saturated carbocycles. The molecule has 2 N–H and O–H groups in total. The maximum Gasteiger partial charge on any atom is 0.165 e. The van der Waals surface area contributed by atoms with Crippen LogP contribution in [0.25, 0.3) is 0 Å². The molecule has 0 fully saturated rings. The van der Waals surface area contributed by atoms with Gasteiger partial charge in [-0.15, -0.1) is 0 Å². The second-order valence-corrected chi connectivity index (χ2v) is 2.71. The van der Waals surface area contributed by atoms with Crippen molar-refractivity contribution >= 4 is 5.84 Å². The van der Waals surface area contributed by atoms with Gasteiger partial charge in [-0.25, -0.2) is 4.39 Å². The fourth-order valence-electron chi connectivity index (χ4n) is 1.08. The summed E-state index contributed by atoms with van der Waals surface area (Å²) in [4.78, 5) is 4.02. The molecule has 0 amide bonds. The van der Waals surface area contributed by atoms with Gasteiger partial charge in [0.2, 0.25) is 0 Å². The molecule has 1 aromatic carbocycles. The van der Waals surface area contributed by atoms with Gasteiger partial charge in [0.15, 0.2) is 11.6 Å². The van der Waals surface area contributed by atoms with E-state index in [0.717, 1.165) is 0 Å². The summed E-state index contributed by atoms with van der Waals surface area (Å²) in [7, 11) is 1.41. The van der Waals surface area contributed by atoms with Crippen LogP contribution >= 0.6 is 0 Å². The Labute approximate surface area is 82.4 Å². The molecule has 0 aliphatic heterocycles. The van der Waals surface area contributed by atoms with E-state index < -0.39 is 5.82 Å². The maximum atomic E-state index is 13.0. The van der Waals surface area contributed by atoms with Crippen molar-refractivity contribution in [1.29, 1.82) is 0 Å². The van der Waals surface area contributed by atoms with Crippen molar-refractivity contribution in [3.8, 4) is 5.75 Å². The number of benzene rings is 1. The lowest BCUT2D eigenvalue weighted by Gasteiger charge is -2.04. The molecule has 4 heteroatoms. The molecule has 0 aliphatic rings. The molecule has 76 valence electrons. The van der Waals surface area contributed by atoms with Crippen LogP contribution in [-0.4, -0.2) is 19.5 Å².